The highest BCUT2D eigenvalue weighted by atomic mass is 32.2. The molecule has 0 atom stereocenters. The number of halogens is 3. The van der Waals surface area contributed by atoms with E-state index in [0.29, 0.717) is 29.0 Å². The third-order valence-corrected chi connectivity index (χ3v) is 6.22. The zero-order chi connectivity index (χ0) is 24.3. The molecule has 0 amide bonds. The van der Waals surface area contributed by atoms with E-state index in [2.05, 4.69) is 5.16 Å². The Bertz CT molecular complexity index is 1450. The van der Waals surface area contributed by atoms with E-state index in [1.54, 1.807) is 49.6 Å². The van der Waals surface area contributed by atoms with Gasteiger partial charge in [0, 0.05) is 16.5 Å². The first kappa shape index (κ1) is 23.3. The number of oxime groups is 1. The van der Waals surface area contributed by atoms with E-state index in [4.69, 9.17) is 9.02 Å². The third-order valence-electron chi connectivity index (χ3n) is 5.10. The molecule has 174 valence electrons. The number of benzene rings is 4. The molecular weight excluding hydrogens is 467 g/mol. The second-order valence-corrected chi connectivity index (χ2v) is 8.75. The first-order chi connectivity index (χ1) is 16.2. The average molecular weight is 485 g/mol. The maximum absolute atomic E-state index is 12.8. The SMILES string of the molecule is COc1ccc(/C(=N\OS(=O)(=O)c2ccc(C(F)(F)F)cc2)c2ccccc2)c2ccccc12. The van der Waals surface area contributed by atoms with Crippen molar-refractivity contribution in [2.24, 2.45) is 5.16 Å². The molecule has 0 bridgehead atoms. The molecule has 0 fully saturated rings. The van der Waals surface area contributed by atoms with Gasteiger partial charge in [0.2, 0.25) is 0 Å². The summed E-state index contributed by atoms with van der Waals surface area (Å²) < 4.78 is 74.2. The lowest BCUT2D eigenvalue weighted by atomic mass is 9.96. The van der Waals surface area contributed by atoms with E-state index in [-0.39, 0.29) is 5.71 Å². The van der Waals surface area contributed by atoms with Gasteiger partial charge in [-0.15, -0.1) is 0 Å². The van der Waals surface area contributed by atoms with Gasteiger partial charge in [-0.05, 0) is 41.8 Å². The van der Waals surface area contributed by atoms with Crippen LogP contribution in [0.5, 0.6) is 5.75 Å². The van der Waals surface area contributed by atoms with Crippen molar-refractivity contribution in [1.29, 1.82) is 0 Å². The monoisotopic (exact) mass is 485 g/mol. The van der Waals surface area contributed by atoms with Gasteiger partial charge in [0.1, 0.15) is 16.4 Å². The van der Waals surface area contributed by atoms with Crippen LogP contribution in [-0.4, -0.2) is 21.2 Å². The molecule has 0 spiro atoms. The summed E-state index contributed by atoms with van der Waals surface area (Å²) in [5, 5.41) is 5.49. The zero-order valence-corrected chi connectivity index (χ0v) is 18.6. The summed E-state index contributed by atoms with van der Waals surface area (Å²) in [6, 6.07) is 22.7. The maximum atomic E-state index is 12.8. The lowest BCUT2D eigenvalue weighted by molar-refractivity contribution is -0.137. The maximum Gasteiger partial charge on any atom is 0.416 e. The summed E-state index contributed by atoms with van der Waals surface area (Å²) >= 11 is 0. The number of methoxy groups -OCH3 is 1. The molecule has 4 aromatic rings. The highest BCUT2D eigenvalue weighted by molar-refractivity contribution is 7.86. The molecule has 5 nitrogen and oxygen atoms in total. The molecule has 0 unspecified atom stereocenters. The van der Waals surface area contributed by atoms with Gasteiger partial charge in [0.25, 0.3) is 0 Å². The normalized spacial score (nSPS) is 12.5. The smallest absolute Gasteiger partial charge is 0.416 e. The van der Waals surface area contributed by atoms with Gasteiger partial charge in [0.15, 0.2) is 0 Å². The van der Waals surface area contributed by atoms with Crippen LogP contribution < -0.4 is 4.74 Å². The van der Waals surface area contributed by atoms with Crippen molar-refractivity contribution < 1.29 is 30.6 Å². The number of alkyl halides is 3. The van der Waals surface area contributed by atoms with Crippen LogP contribution in [0, 0.1) is 0 Å². The molecule has 0 aromatic heterocycles. The third kappa shape index (κ3) is 4.74. The van der Waals surface area contributed by atoms with Gasteiger partial charge >= 0.3 is 16.3 Å². The van der Waals surface area contributed by atoms with Crippen LogP contribution in [0.25, 0.3) is 10.8 Å². The lowest BCUT2D eigenvalue weighted by Gasteiger charge is -2.13. The largest absolute Gasteiger partial charge is 0.496 e. The second-order valence-electron chi connectivity index (χ2n) is 7.22. The Morgan fingerprint density at radius 3 is 2.03 bits per heavy atom. The Morgan fingerprint density at radius 1 is 0.794 bits per heavy atom. The summed E-state index contributed by atoms with van der Waals surface area (Å²) in [6.45, 7) is 0. The van der Waals surface area contributed by atoms with Crippen molar-refractivity contribution in [3.63, 3.8) is 0 Å². The molecule has 0 radical (unpaired) electrons. The van der Waals surface area contributed by atoms with Crippen LogP contribution >= 0.6 is 0 Å². The van der Waals surface area contributed by atoms with Gasteiger partial charge in [-0.25, -0.2) is 0 Å². The van der Waals surface area contributed by atoms with Crippen molar-refractivity contribution in [3.05, 3.63) is 108 Å². The molecule has 0 aliphatic heterocycles. The summed E-state index contributed by atoms with van der Waals surface area (Å²) in [6.07, 6.45) is -4.59. The number of nitrogens with zero attached hydrogens (tertiary/aromatic N) is 1. The summed E-state index contributed by atoms with van der Waals surface area (Å²) in [5.74, 6) is 0.630. The molecule has 0 aliphatic carbocycles. The molecule has 9 heteroatoms. The Balaban J connectivity index is 1.80. The molecular formula is C25H18F3NO4S. The van der Waals surface area contributed by atoms with E-state index in [0.717, 1.165) is 22.9 Å². The molecule has 0 saturated carbocycles. The van der Waals surface area contributed by atoms with Crippen molar-refractivity contribution in [3.8, 4) is 5.75 Å². The summed E-state index contributed by atoms with van der Waals surface area (Å²) in [7, 11) is -2.93. The molecule has 4 aromatic carbocycles. The predicted octanol–water partition coefficient (Wildman–Crippen LogP) is 6.03. The van der Waals surface area contributed by atoms with E-state index >= 15 is 0 Å². The van der Waals surface area contributed by atoms with E-state index in [9.17, 15) is 21.6 Å². The number of fused-ring (bicyclic) bond motifs is 1. The van der Waals surface area contributed by atoms with E-state index in [1.165, 1.54) is 0 Å². The molecule has 0 N–H and O–H groups in total. The fraction of sp³-hybridized carbons (Fsp3) is 0.0800. The second kappa shape index (κ2) is 9.18. The Morgan fingerprint density at radius 2 is 1.41 bits per heavy atom. The van der Waals surface area contributed by atoms with Crippen molar-refractivity contribution in [2.75, 3.05) is 7.11 Å². The number of ether oxygens (including phenoxy) is 1. The fourth-order valence-electron chi connectivity index (χ4n) is 3.45. The van der Waals surface area contributed by atoms with Crippen molar-refractivity contribution in [2.45, 2.75) is 11.1 Å². The topological polar surface area (TPSA) is 65.0 Å². The fourth-order valence-corrected chi connectivity index (χ4v) is 4.18. The van der Waals surface area contributed by atoms with Crippen LogP contribution in [-0.2, 0) is 20.6 Å². The molecule has 0 aliphatic rings. The zero-order valence-electron chi connectivity index (χ0n) is 17.8. The standard InChI is InChI=1S/C25H18F3NO4S/c1-32-23-16-15-22(20-9-5-6-10-21(20)23)24(17-7-3-2-4-8-17)29-33-34(30,31)19-13-11-18(12-14-19)25(26,27)28/h2-16H,1H3/b29-24-. The van der Waals surface area contributed by atoms with Gasteiger partial charge < -0.3 is 4.74 Å². The van der Waals surface area contributed by atoms with Crippen LogP contribution in [0.4, 0.5) is 13.2 Å². The summed E-state index contributed by atoms with van der Waals surface area (Å²) in [5.41, 5.74) is 0.435. The average Bonchev–Trinajstić information content (AvgIpc) is 2.84. The summed E-state index contributed by atoms with van der Waals surface area (Å²) in [4.78, 5) is -0.448. The Kier molecular flexibility index (Phi) is 6.30. The lowest BCUT2D eigenvalue weighted by Crippen LogP contribution is -2.10. The molecule has 0 heterocycles. The minimum Gasteiger partial charge on any atom is -0.496 e. The van der Waals surface area contributed by atoms with Crippen LogP contribution in [0.15, 0.2) is 101 Å². The predicted molar refractivity (Wildman–Crippen MR) is 122 cm³/mol. The van der Waals surface area contributed by atoms with Gasteiger partial charge in [-0.2, -0.15) is 21.6 Å². The Hall–Kier alpha value is -3.85. The Labute approximate surface area is 194 Å². The highest BCUT2D eigenvalue weighted by Crippen LogP contribution is 2.31. The van der Waals surface area contributed by atoms with Gasteiger partial charge in [-0.1, -0.05) is 59.8 Å². The van der Waals surface area contributed by atoms with Crippen molar-refractivity contribution in [1.82, 2.24) is 0 Å². The van der Waals surface area contributed by atoms with Crippen LogP contribution in [0.3, 0.4) is 0 Å². The number of hydrogen-bond donors (Lipinski definition) is 0. The molecule has 4 rings (SSSR count). The highest BCUT2D eigenvalue weighted by Gasteiger charge is 2.31. The quantitative estimate of drug-likeness (QED) is 0.247. The molecule has 0 saturated heterocycles. The minimum atomic E-state index is -4.59. The van der Waals surface area contributed by atoms with Crippen LogP contribution in [0.2, 0.25) is 0 Å². The minimum absolute atomic E-state index is 0.231. The van der Waals surface area contributed by atoms with E-state index in [1.807, 2.05) is 24.3 Å². The van der Waals surface area contributed by atoms with Crippen LogP contribution in [0.1, 0.15) is 16.7 Å². The molecule has 34 heavy (non-hydrogen) atoms. The first-order valence-electron chi connectivity index (χ1n) is 10.0. The first-order valence-corrected chi connectivity index (χ1v) is 11.4. The van der Waals surface area contributed by atoms with Gasteiger partial charge in [0.05, 0.1) is 12.7 Å². The van der Waals surface area contributed by atoms with Gasteiger partial charge in [-0.3, -0.25) is 4.28 Å². The van der Waals surface area contributed by atoms with E-state index < -0.39 is 26.8 Å². The van der Waals surface area contributed by atoms with Crippen molar-refractivity contribution >= 4 is 26.6 Å². The number of rotatable bonds is 6. The number of hydrogen-bond acceptors (Lipinski definition) is 5.